The van der Waals surface area contributed by atoms with E-state index in [1.807, 2.05) is 32.5 Å². The van der Waals surface area contributed by atoms with E-state index >= 15 is 0 Å². The van der Waals surface area contributed by atoms with Gasteiger partial charge in [-0.2, -0.15) is 0 Å². The van der Waals surface area contributed by atoms with Gasteiger partial charge in [-0.1, -0.05) is 19.1 Å². The second kappa shape index (κ2) is 18.5. The fourth-order valence-corrected chi connectivity index (χ4v) is 3.76. The van der Waals surface area contributed by atoms with E-state index in [4.69, 9.17) is 18.9 Å². The van der Waals surface area contributed by atoms with Crippen molar-refractivity contribution in [3.8, 4) is 0 Å². The molecule has 0 saturated carbocycles. The molecule has 0 aromatic carbocycles. The first-order valence-corrected chi connectivity index (χ1v) is 13.1. The molecule has 0 aliphatic carbocycles. The molecule has 2 heterocycles. The molecule has 1 atom stereocenters. The van der Waals surface area contributed by atoms with Gasteiger partial charge in [0.15, 0.2) is 0 Å². The van der Waals surface area contributed by atoms with Crippen LogP contribution in [-0.2, 0) is 42.8 Å². The van der Waals surface area contributed by atoms with E-state index in [1.54, 1.807) is 6.26 Å². The molecule has 11 heteroatoms. The smallest absolute Gasteiger partial charge is 0.0996 e. The minimum atomic E-state index is -0.738. The molecule has 1 aromatic rings. The van der Waals surface area contributed by atoms with E-state index in [1.165, 1.54) is 0 Å². The molecule has 188 valence electrons. The van der Waals surface area contributed by atoms with Gasteiger partial charge in [0.1, 0.15) is 0 Å². The van der Waals surface area contributed by atoms with Crippen LogP contribution < -0.4 is 5.32 Å². The van der Waals surface area contributed by atoms with Crippen molar-refractivity contribution in [1.82, 2.24) is 25.2 Å². The Morgan fingerprint density at radius 1 is 0.969 bits per heavy atom. The van der Waals surface area contributed by atoms with Crippen molar-refractivity contribution < 1.29 is 23.2 Å². The third kappa shape index (κ3) is 11.8. The van der Waals surface area contributed by atoms with Crippen LogP contribution in [0.5, 0.6) is 0 Å². The van der Waals surface area contributed by atoms with Gasteiger partial charge in [-0.25, -0.2) is 4.68 Å². The molecule has 1 aromatic heterocycles. The van der Waals surface area contributed by atoms with Gasteiger partial charge in [0.05, 0.1) is 76.0 Å². The number of ether oxygens (including phenoxy) is 4. The average molecular weight is 478 g/mol. The van der Waals surface area contributed by atoms with Gasteiger partial charge in [0, 0.05) is 43.2 Å². The lowest BCUT2D eigenvalue weighted by molar-refractivity contribution is -0.00238. The lowest BCUT2D eigenvalue weighted by Crippen LogP contribution is -2.52. The summed E-state index contributed by atoms with van der Waals surface area (Å²) in [7, 11) is 1.16. The summed E-state index contributed by atoms with van der Waals surface area (Å²) in [6.45, 7) is 14.7. The number of likely N-dealkylation sites (N-methyl/N-ethyl adjacent to an activating group) is 1. The number of nitrogens with one attached hydrogen (secondary N) is 1. The zero-order valence-corrected chi connectivity index (χ0v) is 21.3. The maximum atomic E-state index is 11.4. The zero-order valence-electron chi connectivity index (χ0n) is 20.5. The molecule has 0 spiro atoms. The average Bonchev–Trinajstić information content (AvgIpc) is 3.11. The van der Waals surface area contributed by atoms with E-state index in [-0.39, 0.29) is 0 Å². The van der Waals surface area contributed by atoms with Gasteiger partial charge in [-0.3, -0.25) is 9.11 Å². The Morgan fingerprint density at radius 2 is 1.50 bits per heavy atom. The molecule has 1 fully saturated rings. The minimum absolute atomic E-state index is 0.296. The van der Waals surface area contributed by atoms with Crippen molar-refractivity contribution in [3.05, 3.63) is 11.4 Å². The van der Waals surface area contributed by atoms with E-state index < -0.39 is 10.8 Å². The molecule has 1 aliphatic heterocycles. The number of likely N-dealkylation sites (tertiary alicyclic amines) is 1. The molecule has 1 saturated heterocycles. The summed E-state index contributed by atoms with van der Waals surface area (Å²) in [5, 5.41) is 11.8. The van der Waals surface area contributed by atoms with E-state index in [9.17, 15) is 4.21 Å². The highest BCUT2D eigenvalue weighted by Gasteiger charge is 2.30. The van der Waals surface area contributed by atoms with Crippen molar-refractivity contribution >= 4 is 10.8 Å². The topological polar surface area (TPSA) is 100.0 Å². The summed E-state index contributed by atoms with van der Waals surface area (Å²) in [6.07, 6.45) is 1.77. The number of hydrogen-bond donors (Lipinski definition) is 1. The molecular weight excluding hydrogens is 434 g/mol. The molecule has 1 aliphatic rings. The molecule has 0 bridgehead atoms. The van der Waals surface area contributed by atoms with Crippen LogP contribution in [0.2, 0.25) is 0 Å². The summed E-state index contributed by atoms with van der Waals surface area (Å²) >= 11 is 0. The van der Waals surface area contributed by atoms with Crippen LogP contribution in [0.4, 0.5) is 0 Å². The molecule has 1 N–H and O–H groups in total. The highest BCUT2D eigenvalue weighted by molar-refractivity contribution is 7.85. The van der Waals surface area contributed by atoms with Gasteiger partial charge >= 0.3 is 0 Å². The molecule has 0 amide bonds. The van der Waals surface area contributed by atoms with Crippen LogP contribution in [0.3, 0.4) is 0 Å². The maximum Gasteiger partial charge on any atom is 0.0996 e. The fraction of sp³-hybridized carbons (Fsp3) is 0.905. The van der Waals surface area contributed by atoms with Crippen molar-refractivity contribution in [1.29, 1.82) is 0 Å². The summed E-state index contributed by atoms with van der Waals surface area (Å²) in [4.78, 5) is 2.25. The monoisotopic (exact) mass is 477 g/mol. The first-order valence-electron chi connectivity index (χ1n) is 11.5. The predicted molar refractivity (Wildman–Crippen MR) is 126 cm³/mol. The van der Waals surface area contributed by atoms with Gasteiger partial charge in [0.25, 0.3) is 0 Å². The highest BCUT2D eigenvalue weighted by Crippen LogP contribution is 2.17. The molecule has 1 unspecified atom stereocenters. The summed E-state index contributed by atoms with van der Waals surface area (Å²) in [5.74, 6) is 0. The van der Waals surface area contributed by atoms with Crippen LogP contribution in [0, 0.1) is 6.92 Å². The molecule has 2 rings (SSSR count). The Bertz CT molecular complexity index is 613. The van der Waals surface area contributed by atoms with Crippen LogP contribution in [-0.4, -0.2) is 115 Å². The van der Waals surface area contributed by atoms with E-state index in [2.05, 4.69) is 20.5 Å². The Kier molecular flexibility index (Phi) is 16.8. The van der Waals surface area contributed by atoms with E-state index in [0.717, 1.165) is 37.6 Å². The quantitative estimate of drug-likeness (QED) is 0.302. The van der Waals surface area contributed by atoms with Crippen LogP contribution in [0.25, 0.3) is 0 Å². The minimum Gasteiger partial charge on any atom is -0.378 e. The molecule has 10 nitrogen and oxygen atoms in total. The van der Waals surface area contributed by atoms with Gasteiger partial charge in [-0.05, 0) is 14.0 Å². The van der Waals surface area contributed by atoms with Gasteiger partial charge in [0.2, 0.25) is 0 Å². The maximum absolute atomic E-state index is 11.4. The van der Waals surface area contributed by atoms with Crippen molar-refractivity contribution in [2.24, 2.45) is 0 Å². The number of nitrogens with zero attached hydrogens (tertiary/aromatic N) is 4. The van der Waals surface area contributed by atoms with Crippen molar-refractivity contribution in [2.45, 2.75) is 39.1 Å². The largest absolute Gasteiger partial charge is 0.378 e. The van der Waals surface area contributed by atoms with Crippen LogP contribution in [0.15, 0.2) is 0 Å². The Morgan fingerprint density at radius 3 is 2.03 bits per heavy atom. The van der Waals surface area contributed by atoms with Crippen molar-refractivity contribution in [2.75, 3.05) is 85.8 Å². The number of aromatic nitrogens is 3. The number of hydrogen-bond acceptors (Lipinski definition) is 9. The second-order valence-corrected chi connectivity index (χ2v) is 8.88. The zero-order chi connectivity index (χ0) is 23.6. The lowest BCUT2D eigenvalue weighted by Gasteiger charge is -2.37. The second-order valence-electron chi connectivity index (χ2n) is 7.21. The van der Waals surface area contributed by atoms with Gasteiger partial charge < -0.3 is 24.3 Å². The summed E-state index contributed by atoms with van der Waals surface area (Å²) in [5.41, 5.74) is 2.04. The van der Waals surface area contributed by atoms with Crippen LogP contribution >= 0.6 is 0 Å². The van der Waals surface area contributed by atoms with Gasteiger partial charge in [-0.15, -0.1) is 5.10 Å². The first kappa shape index (κ1) is 29.1. The lowest BCUT2D eigenvalue weighted by atomic mass is 10.2. The number of rotatable bonds is 18. The SMILES string of the molecule is CC.CNCCOCCOCCOCCOCCn1nnc(CN2CC(S(C)=O)C2)c1C. The third-order valence-corrected chi connectivity index (χ3v) is 6.14. The molecule has 32 heavy (non-hydrogen) atoms. The third-order valence-electron chi connectivity index (χ3n) is 4.90. The Balaban J connectivity index is 0.00000249. The fourth-order valence-electron chi connectivity index (χ4n) is 2.92. The van der Waals surface area contributed by atoms with Crippen molar-refractivity contribution in [3.63, 3.8) is 0 Å². The Hall–Kier alpha value is -0.950. The normalized spacial score (nSPS) is 15.3. The highest BCUT2D eigenvalue weighted by atomic mass is 32.2. The molecular formula is C21H43N5O5S. The first-order chi connectivity index (χ1) is 15.6. The summed E-state index contributed by atoms with van der Waals surface area (Å²) < 4.78 is 35.2. The Labute approximate surface area is 195 Å². The van der Waals surface area contributed by atoms with Crippen LogP contribution in [0.1, 0.15) is 25.2 Å². The predicted octanol–water partition coefficient (Wildman–Crippen LogP) is 0.461. The molecule has 0 radical (unpaired) electrons. The standard InChI is InChI=1S/C19H37N5O5S.C2H6/c1-17-19(16-23-14-18(15-23)30(3)25)21-22-24(17)5-7-27-9-11-29-13-12-28-10-8-26-6-4-20-2;1-2/h18,20H,4-16H2,1-3H3;1-2H3. The van der Waals surface area contributed by atoms with E-state index in [0.29, 0.717) is 64.6 Å². The summed E-state index contributed by atoms with van der Waals surface area (Å²) in [6, 6.07) is 0.